The first-order chi connectivity index (χ1) is 8.52. The predicted molar refractivity (Wildman–Crippen MR) is 64.8 cm³/mol. The van der Waals surface area contributed by atoms with Crippen LogP contribution in [0.2, 0.25) is 0 Å². The molecule has 5 heteroatoms. The zero-order chi connectivity index (χ0) is 13.5. The molecular weight excluding hydrogens is 236 g/mol. The van der Waals surface area contributed by atoms with Crippen LogP contribution in [0.15, 0.2) is 24.8 Å². The van der Waals surface area contributed by atoms with Crippen LogP contribution in [0.25, 0.3) is 0 Å². The van der Waals surface area contributed by atoms with E-state index >= 15 is 0 Å². The van der Waals surface area contributed by atoms with Gasteiger partial charge in [0.05, 0.1) is 6.10 Å². The van der Waals surface area contributed by atoms with E-state index < -0.39 is 24.1 Å². The summed E-state index contributed by atoms with van der Waals surface area (Å²) in [4.78, 5) is 21.8. The Balaban J connectivity index is 2.65. The van der Waals surface area contributed by atoms with Crippen molar-refractivity contribution in [2.24, 2.45) is 0 Å². The highest BCUT2D eigenvalue weighted by Crippen LogP contribution is 2.19. The molecule has 0 N–H and O–H groups in total. The van der Waals surface area contributed by atoms with Crippen molar-refractivity contribution in [2.45, 2.75) is 38.6 Å². The molecule has 0 radical (unpaired) electrons. The topological polar surface area (TPSA) is 61.8 Å². The minimum Gasteiger partial charge on any atom is -0.463 e. The molecule has 100 valence electrons. The molecule has 1 rings (SSSR count). The maximum absolute atomic E-state index is 11.0. The number of hydrogen-bond acceptors (Lipinski definition) is 5. The first kappa shape index (κ1) is 14.4. The number of ether oxygens (including phenoxy) is 3. The molecule has 1 heterocycles. The third kappa shape index (κ3) is 4.71. The molecule has 3 atom stereocenters. The van der Waals surface area contributed by atoms with Gasteiger partial charge in [-0.1, -0.05) is 12.2 Å². The summed E-state index contributed by atoms with van der Waals surface area (Å²) in [7, 11) is 0. The lowest BCUT2D eigenvalue weighted by Gasteiger charge is -2.31. The summed E-state index contributed by atoms with van der Waals surface area (Å²) in [6.07, 6.45) is 4.84. The van der Waals surface area contributed by atoms with E-state index in [9.17, 15) is 9.59 Å². The Morgan fingerprint density at radius 3 is 2.61 bits per heavy atom. The second-order valence-electron chi connectivity index (χ2n) is 4.00. The van der Waals surface area contributed by atoms with Crippen molar-refractivity contribution in [3.63, 3.8) is 0 Å². The molecule has 0 amide bonds. The van der Waals surface area contributed by atoms with Crippen LogP contribution in [0.3, 0.4) is 0 Å². The van der Waals surface area contributed by atoms with Crippen LogP contribution >= 0.6 is 0 Å². The Labute approximate surface area is 106 Å². The minimum atomic E-state index is -0.525. The van der Waals surface area contributed by atoms with Crippen molar-refractivity contribution in [1.82, 2.24) is 0 Å². The zero-order valence-corrected chi connectivity index (χ0v) is 10.6. The number of hydrogen-bond donors (Lipinski definition) is 0. The summed E-state index contributed by atoms with van der Waals surface area (Å²) >= 11 is 0. The van der Waals surface area contributed by atoms with E-state index in [0.717, 1.165) is 0 Å². The largest absolute Gasteiger partial charge is 0.463 e. The van der Waals surface area contributed by atoms with Crippen LogP contribution in [0.1, 0.15) is 20.3 Å². The van der Waals surface area contributed by atoms with Crippen LogP contribution in [0.5, 0.6) is 0 Å². The highest BCUT2D eigenvalue weighted by atomic mass is 16.6. The molecule has 0 aromatic rings. The van der Waals surface area contributed by atoms with E-state index in [-0.39, 0.29) is 12.7 Å². The van der Waals surface area contributed by atoms with Gasteiger partial charge < -0.3 is 14.2 Å². The molecule has 0 aromatic carbocycles. The minimum absolute atomic E-state index is 0.0608. The maximum atomic E-state index is 11.0. The van der Waals surface area contributed by atoms with Crippen molar-refractivity contribution in [1.29, 1.82) is 0 Å². The van der Waals surface area contributed by atoms with Crippen LogP contribution < -0.4 is 0 Å². The van der Waals surface area contributed by atoms with Gasteiger partial charge in [0.1, 0.15) is 18.8 Å². The second kappa shape index (κ2) is 6.96. The average molecular weight is 254 g/mol. The standard InChI is InChI=1S/C13H18O5/c1-4-5-11-6-7-12(17-10(3)15)13(18-11)8-16-9(2)14/h4,6-7,11-13H,1,5,8H2,2-3H3/t11?,12-,13+/m0/s1. The Morgan fingerprint density at radius 1 is 1.33 bits per heavy atom. The Hall–Kier alpha value is -1.62. The van der Waals surface area contributed by atoms with Crippen LogP contribution in [-0.2, 0) is 23.8 Å². The smallest absolute Gasteiger partial charge is 0.303 e. The van der Waals surface area contributed by atoms with Gasteiger partial charge in [0.2, 0.25) is 0 Å². The predicted octanol–water partition coefficient (Wildman–Crippen LogP) is 1.38. The molecule has 0 saturated carbocycles. The van der Waals surface area contributed by atoms with Gasteiger partial charge in [-0.15, -0.1) is 6.58 Å². The molecule has 1 aliphatic rings. The van der Waals surface area contributed by atoms with E-state index in [1.165, 1.54) is 13.8 Å². The van der Waals surface area contributed by atoms with Crippen molar-refractivity contribution in [3.05, 3.63) is 24.8 Å². The maximum Gasteiger partial charge on any atom is 0.303 e. The lowest BCUT2D eigenvalue weighted by molar-refractivity contribution is -0.163. The Kier molecular flexibility index (Phi) is 5.58. The molecule has 1 unspecified atom stereocenters. The van der Waals surface area contributed by atoms with Crippen molar-refractivity contribution < 1.29 is 23.8 Å². The number of esters is 2. The third-order valence-electron chi connectivity index (χ3n) is 2.38. The summed E-state index contributed by atoms with van der Waals surface area (Å²) in [6.45, 7) is 6.34. The molecule has 1 aliphatic heterocycles. The molecule has 0 saturated heterocycles. The third-order valence-corrected chi connectivity index (χ3v) is 2.38. The van der Waals surface area contributed by atoms with E-state index in [1.807, 2.05) is 6.08 Å². The SMILES string of the molecule is C=CCC1C=C[C@H](OC(C)=O)[C@@H](COC(C)=O)O1. The van der Waals surface area contributed by atoms with Crippen molar-refractivity contribution >= 4 is 11.9 Å². The fraction of sp³-hybridized carbons (Fsp3) is 0.538. The van der Waals surface area contributed by atoms with Gasteiger partial charge in [-0.05, 0) is 12.5 Å². The fourth-order valence-corrected chi connectivity index (χ4v) is 1.64. The highest BCUT2D eigenvalue weighted by molar-refractivity contribution is 5.66. The monoisotopic (exact) mass is 254 g/mol. The Morgan fingerprint density at radius 2 is 2.06 bits per heavy atom. The summed E-state index contributed by atoms with van der Waals surface area (Å²) in [5.41, 5.74) is 0. The Bertz CT molecular complexity index is 347. The van der Waals surface area contributed by atoms with Crippen molar-refractivity contribution in [3.8, 4) is 0 Å². The van der Waals surface area contributed by atoms with Crippen LogP contribution in [0.4, 0.5) is 0 Å². The van der Waals surface area contributed by atoms with E-state index in [2.05, 4.69) is 6.58 Å². The van der Waals surface area contributed by atoms with E-state index in [0.29, 0.717) is 6.42 Å². The van der Waals surface area contributed by atoms with Gasteiger partial charge >= 0.3 is 11.9 Å². The molecule has 0 aliphatic carbocycles. The first-order valence-electron chi connectivity index (χ1n) is 5.78. The lowest BCUT2D eigenvalue weighted by Crippen LogP contribution is -2.41. The quantitative estimate of drug-likeness (QED) is 0.548. The van der Waals surface area contributed by atoms with E-state index in [1.54, 1.807) is 12.2 Å². The first-order valence-corrected chi connectivity index (χ1v) is 5.78. The molecule has 0 spiro atoms. The van der Waals surface area contributed by atoms with Crippen molar-refractivity contribution in [2.75, 3.05) is 6.61 Å². The average Bonchev–Trinajstić information content (AvgIpc) is 2.28. The highest BCUT2D eigenvalue weighted by Gasteiger charge is 2.29. The molecule has 0 fully saturated rings. The lowest BCUT2D eigenvalue weighted by atomic mass is 10.1. The summed E-state index contributed by atoms with van der Waals surface area (Å²) in [5, 5.41) is 0. The second-order valence-corrected chi connectivity index (χ2v) is 4.00. The van der Waals surface area contributed by atoms with E-state index in [4.69, 9.17) is 14.2 Å². The molecular formula is C13H18O5. The molecule has 18 heavy (non-hydrogen) atoms. The van der Waals surface area contributed by atoms with Gasteiger partial charge in [-0.3, -0.25) is 9.59 Å². The van der Waals surface area contributed by atoms with Gasteiger partial charge in [-0.2, -0.15) is 0 Å². The number of carbonyl (C=O) groups excluding carboxylic acids is 2. The van der Waals surface area contributed by atoms with Gasteiger partial charge in [0, 0.05) is 13.8 Å². The van der Waals surface area contributed by atoms with Gasteiger partial charge in [-0.25, -0.2) is 0 Å². The zero-order valence-electron chi connectivity index (χ0n) is 10.6. The molecule has 0 bridgehead atoms. The molecule has 5 nitrogen and oxygen atoms in total. The summed E-state index contributed by atoms with van der Waals surface area (Å²) in [6, 6.07) is 0. The fourth-order valence-electron chi connectivity index (χ4n) is 1.64. The van der Waals surface area contributed by atoms with Crippen LogP contribution in [0, 0.1) is 0 Å². The summed E-state index contributed by atoms with van der Waals surface area (Å²) < 4.78 is 15.7. The van der Waals surface area contributed by atoms with Gasteiger partial charge in [0.25, 0.3) is 0 Å². The number of rotatable bonds is 5. The molecule has 0 aromatic heterocycles. The summed E-state index contributed by atoms with van der Waals surface area (Å²) in [5.74, 6) is -0.793. The number of carbonyl (C=O) groups is 2. The van der Waals surface area contributed by atoms with Crippen LogP contribution in [-0.4, -0.2) is 36.9 Å². The van der Waals surface area contributed by atoms with Gasteiger partial charge in [0.15, 0.2) is 0 Å². The normalized spacial score (nSPS) is 26.4.